The number of H-pyrrole nitrogens is 1. The molecular formula is C21H17F2N5O4S. The lowest BCUT2D eigenvalue weighted by atomic mass is 10.0. The second kappa shape index (κ2) is 8.54. The quantitative estimate of drug-likeness (QED) is 0.394. The third kappa shape index (κ3) is 4.24. The van der Waals surface area contributed by atoms with E-state index in [4.69, 9.17) is 4.74 Å². The van der Waals surface area contributed by atoms with Gasteiger partial charge in [0, 0.05) is 46.9 Å². The normalized spacial score (nSPS) is 11.5. The topological polar surface area (TPSA) is 127 Å². The number of hydrogen-bond donors (Lipinski definition) is 2. The maximum absolute atomic E-state index is 15.0. The van der Waals surface area contributed by atoms with Crippen molar-refractivity contribution in [2.75, 3.05) is 17.6 Å². The first-order chi connectivity index (χ1) is 15.7. The predicted octanol–water partition coefficient (Wildman–Crippen LogP) is 3.30. The van der Waals surface area contributed by atoms with Crippen LogP contribution in [0.3, 0.4) is 0 Å². The standard InChI is InChI=1S/C21H17F2N5O4S/c1-3-33(30,31)28-16-5-4-15(22)17(18(16)23)19(29)14-10-25-20-13(14)6-11(7-24-20)12-8-26-21(32-2)27-9-12/h4-10,28H,3H2,1-2H3,(H,24,25). The number of ether oxygens (including phenoxy) is 1. The molecule has 4 aromatic rings. The average molecular weight is 473 g/mol. The van der Waals surface area contributed by atoms with Crippen molar-refractivity contribution >= 4 is 32.5 Å². The van der Waals surface area contributed by atoms with Gasteiger partial charge in [0.1, 0.15) is 11.5 Å². The zero-order valence-corrected chi connectivity index (χ0v) is 18.2. The van der Waals surface area contributed by atoms with Gasteiger partial charge < -0.3 is 9.72 Å². The van der Waals surface area contributed by atoms with Gasteiger partial charge in [-0.1, -0.05) is 0 Å². The van der Waals surface area contributed by atoms with Gasteiger partial charge in [0.2, 0.25) is 15.8 Å². The molecule has 0 amide bonds. The number of anilines is 1. The highest BCUT2D eigenvalue weighted by Crippen LogP contribution is 2.29. The first kappa shape index (κ1) is 22.3. The number of methoxy groups -OCH3 is 1. The largest absolute Gasteiger partial charge is 0.467 e. The number of ketones is 1. The second-order valence-electron chi connectivity index (χ2n) is 6.90. The van der Waals surface area contributed by atoms with Crippen LogP contribution >= 0.6 is 0 Å². The number of hydrogen-bond acceptors (Lipinski definition) is 7. The second-order valence-corrected chi connectivity index (χ2v) is 8.91. The number of nitrogens with zero attached hydrogens (tertiary/aromatic N) is 3. The number of carbonyl (C=O) groups excluding carboxylic acids is 1. The Balaban J connectivity index is 1.78. The van der Waals surface area contributed by atoms with Crippen molar-refractivity contribution in [3.8, 4) is 17.1 Å². The summed E-state index contributed by atoms with van der Waals surface area (Å²) >= 11 is 0. The van der Waals surface area contributed by atoms with E-state index in [9.17, 15) is 17.6 Å². The summed E-state index contributed by atoms with van der Waals surface area (Å²) in [5, 5.41) is 0.312. The van der Waals surface area contributed by atoms with Crippen LogP contribution < -0.4 is 9.46 Å². The third-order valence-electron chi connectivity index (χ3n) is 4.88. The van der Waals surface area contributed by atoms with Crippen molar-refractivity contribution in [1.29, 1.82) is 0 Å². The Bertz CT molecular complexity index is 1470. The van der Waals surface area contributed by atoms with E-state index in [1.165, 1.54) is 38.8 Å². The number of aromatic amines is 1. The molecule has 0 aliphatic rings. The van der Waals surface area contributed by atoms with E-state index in [0.29, 0.717) is 22.2 Å². The zero-order valence-electron chi connectivity index (χ0n) is 17.4. The maximum atomic E-state index is 15.0. The summed E-state index contributed by atoms with van der Waals surface area (Å²) in [6.07, 6.45) is 5.83. The number of sulfonamides is 1. The Morgan fingerprint density at radius 3 is 2.48 bits per heavy atom. The minimum absolute atomic E-state index is 0.0397. The highest BCUT2D eigenvalue weighted by atomic mass is 32.2. The highest BCUT2D eigenvalue weighted by Gasteiger charge is 2.25. The molecule has 9 nitrogen and oxygen atoms in total. The molecule has 0 saturated carbocycles. The molecule has 3 aromatic heterocycles. The van der Waals surface area contributed by atoms with E-state index in [2.05, 4.69) is 19.9 Å². The molecule has 0 aliphatic heterocycles. The number of carbonyl (C=O) groups is 1. The van der Waals surface area contributed by atoms with Crippen LogP contribution in [0, 0.1) is 11.6 Å². The van der Waals surface area contributed by atoms with Gasteiger partial charge in [0.15, 0.2) is 5.82 Å². The zero-order chi connectivity index (χ0) is 23.8. The van der Waals surface area contributed by atoms with Crippen LogP contribution in [-0.4, -0.2) is 47.0 Å². The van der Waals surface area contributed by atoms with E-state index in [0.717, 1.165) is 12.1 Å². The van der Waals surface area contributed by atoms with E-state index >= 15 is 4.39 Å². The Hall–Kier alpha value is -3.93. The lowest BCUT2D eigenvalue weighted by Crippen LogP contribution is -2.17. The summed E-state index contributed by atoms with van der Waals surface area (Å²) < 4.78 is 60.1. The van der Waals surface area contributed by atoms with E-state index in [1.807, 2.05) is 4.72 Å². The van der Waals surface area contributed by atoms with Gasteiger partial charge >= 0.3 is 6.01 Å². The van der Waals surface area contributed by atoms with Crippen LogP contribution in [0.4, 0.5) is 14.5 Å². The molecule has 33 heavy (non-hydrogen) atoms. The Labute approximate surface area is 186 Å². The summed E-state index contributed by atoms with van der Waals surface area (Å²) in [5.41, 5.74) is 0.0191. The molecule has 0 bridgehead atoms. The van der Waals surface area contributed by atoms with Crippen LogP contribution in [0.1, 0.15) is 22.8 Å². The molecule has 1 aromatic carbocycles. The Morgan fingerprint density at radius 2 is 1.82 bits per heavy atom. The fourth-order valence-corrected chi connectivity index (χ4v) is 3.77. The SMILES string of the molecule is CCS(=O)(=O)Nc1ccc(F)c(C(=O)c2c[nH]c3ncc(-c4cnc(OC)nc4)cc23)c1F. The van der Waals surface area contributed by atoms with E-state index in [-0.39, 0.29) is 17.3 Å². The van der Waals surface area contributed by atoms with Crippen molar-refractivity contribution in [2.45, 2.75) is 6.92 Å². The lowest BCUT2D eigenvalue weighted by molar-refractivity contribution is 0.103. The first-order valence-electron chi connectivity index (χ1n) is 9.60. The smallest absolute Gasteiger partial charge is 0.316 e. The van der Waals surface area contributed by atoms with Crippen LogP contribution in [-0.2, 0) is 10.0 Å². The maximum Gasteiger partial charge on any atom is 0.316 e. The number of benzene rings is 1. The molecule has 2 N–H and O–H groups in total. The fourth-order valence-electron chi connectivity index (χ4n) is 3.13. The van der Waals surface area contributed by atoms with Crippen molar-refractivity contribution in [3.05, 3.63) is 65.7 Å². The van der Waals surface area contributed by atoms with Crippen LogP contribution in [0.15, 0.2) is 43.0 Å². The Kier molecular flexibility index (Phi) is 5.77. The summed E-state index contributed by atoms with van der Waals surface area (Å²) in [5.74, 6) is -3.73. The number of pyridine rings is 1. The van der Waals surface area contributed by atoms with Gasteiger partial charge in [-0.3, -0.25) is 9.52 Å². The molecule has 12 heteroatoms. The third-order valence-corrected chi connectivity index (χ3v) is 6.17. The first-order valence-corrected chi connectivity index (χ1v) is 11.3. The summed E-state index contributed by atoms with van der Waals surface area (Å²) in [6.45, 7) is 1.36. The van der Waals surface area contributed by atoms with Crippen molar-refractivity contribution in [3.63, 3.8) is 0 Å². The molecule has 0 atom stereocenters. The number of fused-ring (bicyclic) bond motifs is 1. The molecule has 3 heterocycles. The molecule has 170 valence electrons. The monoisotopic (exact) mass is 473 g/mol. The van der Waals surface area contributed by atoms with Crippen molar-refractivity contribution < 1.29 is 26.7 Å². The molecule has 0 fully saturated rings. The molecule has 4 rings (SSSR count). The predicted molar refractivity (Wildman–Crippen MR) is 117 cm³/mol. The lowest BCUT2D eigenvalue weighted by Gasteiger charge is -2.11. The van der Waals surface area contributed by atoms with Crippen LogP contribution in [0.25, 0.3) is 22.2 Å². The number of halogens is 2. The van der Waals surface area contributed by atoms with Gasteiger partial charge in [-0.15, -0.1) is 0 Å². The van der Waals surface area contributed by atoms with E-state index in [1.54, 1.807) is 6.07 Å². The summed E-state index contributed by atoms with van der Waals surface area (Å²) in [7, 11) is -2.41. The molecule has 0 radical (unpaired) electrons. The highest BCUT2D eigenvalue weighted by molar-refractivity contribution is 7.92. The van der Waals surface area contributed by atoms with Gasteiger partial charge in [0.05, 0.1) is 24.1 Å². The molecule has 0 spiro atoms. The fraction of sp³-hybridized carbons (Fsp3) is 0.143. The average Bonchev–Trinajstić information content (AvgIpc) is 3.24. The van der Waals surface area contributed by atoms with Gasteiger partial charge in [-0.2, -0.15) is 0 Å². The molecule has 0 saturated heterocycles. The molecular weight excluding hydrogens is 456 g/mol. The molecule has 0 aliphatic carbocycles. The van der Waals surface area contributed by atoms with Crippen LogP contribution in [0.2, 0.25) is 0 Å². The van der Waals surface area contributed by atoms with E-state index < -0.39 is 38.7 Å². The summed E-state index contributed by atoms with van der Waals surface area (Å²) in [6, 6.07) is 3.54. The Morgan fingerprint density at radius 1 is 1.12 bits per heavy atom. The van der Waals surface area contributed by atoms with Crippen LogP contribution in [0.5, 0.6) is 6.01 Å². The molecule has 0 unspecified atom stereocenters. The van der Waals surface area contributed by atoms with Gasteiger partial charge in [-0.05, 0) is 25.1 Å². The number of aromatic nitrogens is 4. The van der Waals surface area contributed by atoms with Gasteiger partial charge in [0.25, 0.3) is 0 Å². The van der Waals surface area contributed by atoms with Gasteiger partial charge in [-0.25, -0.2) is 32.2 Å². The minimum atomic E-state index is -3.84. The van der Waals surface area contributed by atoms with Crippen molar-refractivity contribution in [2.24, 2.45) is 0 Å². The minimum Gasteiger partial charge on any atom is -0.467 e. The van der Waals surface area contributed by atoms with Crippen molar-refractivity contribution in [1.82, 2.24) is 19.9 Å². The summed E-state index contributed by atoms with van der Waals surface area (Å²) in [4.78, 5) is 28.2. The number of rotatable bonds is 7. The number of nitrogens with one attached hydrogen (secondary N) is 2.